The Morgan fingerprint density at radius 1 is 1.29 bits per heavy atom. The molecule has 0 heterocycles. The molecule has 0 saturated carbocycles. The molecule has 0 aromatic heterocycles. The van der Waals surface area contributed by atoms with Gasteiger partial charge in [0.2, 0.25) is 10.0 Å². The third kappa shape index (κ3) is 5.09. The Bertz CT molecular complexity index is 586. The first-order chi connectivity index (χ1) is 9.54. The van der Waals surface area contributed by atoms with E-state index >= 15 is 0 Å². The Hall–Kier alpha value is -1.48. The summed E-state index contributed by atoms with van der Waals surface area (Å²) in [5.41, 5.74) is 5.79. The molecule has 1 aromatic carbocycles. The van der Waals surface area contributed by atoms with Crippen molar-refractivity contribution < 1.29 is 26.3 Å². The van der Waals surface area contributed by atoms with Gasteiger partial charge in [-0.05, 0) is 18.6 Å². The maximum Gasteiger partial charge on any atom is 0.389 e. The number of nitrogens with two attached hydrogens (primary N) is 1. The standard InChI is InChI=1S/C12H17F3N2O3S/c1-17(2)21(18,19)9-4-5-10(16)11(8-9)20-7-3-6-12(13,14)15/h4-5,8H,3,6-7,16H2,1-2H3. The third-order valence-electron chi connectivity index (χ3n) is 2.63. The highest BCUT2D eigenvalue weighted by Crippen LogP contribution is 2.27. The predicted molar refractivity (Wildman–Crippen MR) is 72.5 cm³/mol. The molecule has 1 aromatic rings. The maximum atomic E-state index is 12.0. The second-order valence-electron chi connectivity index (χ2n) is 4.55. The second-order valence-corrected chi connectivity index (χ2v) is 6.71. The normalized spacial score (nSPS) is 12.7. The minimum Gasteiger partial charge on any atom is -0.491 e. The molecule has 0 radical (unpaired) electrons. The van der Waals surface area contributed by atoms with Crippen LogP contribution in [0.2, 0.25) is 0 Å². The summed E-state index contributed by atoms with van der Waals surface area (Å²) < 4.78 is 66.0. The van der Waals surface area contributed by atoms with Crippen LogP contribution < -0.4 is 10.5 Å². The number of anilines is 1. The van der Waals surface area contributed by atoms with Crippen LogP contribution in [-0.2, 0) is 10.0 Å². The van der Waals surface area contributed by atoms with Crippen LogP contribution in [0.25, 0.3) is 0 Å². The zero-order valence-electron chi connectivity index (χ0n) is 11.6. The smallest absolute Gasteiger partial charge is 0.389 e. The number of alkyl halides is 3. The molecule has 0 amide bonds. The Balaban J connectivity index is 2.80. The van der Waals surface area contributed by atoms with Crippen molar-refractivity contribution in [2.45, 2.75) is 23.9 Å². The number of sulfonamides is 1. The van der Waals surface area contributed by atoms with Gasteiger partial charge in [0.1, 0.15) is 5.75 Å². The summed E-state index contributed by atoms with van der Waals surface area (Å²) >= 11 is 0. The molecule has 0 bridgehead atoms. The Labute approximate surface area is 121 Å². The molecular formula is C12H17F3N2O3S. The van der Waals surface area contributed by atoms with E-state index in [9.17, 15) is 21.6 Å². The van der Waals surface area contributed by atoms with Gasteiger partial charge in [0.15, 0.2) is 0 Å². The lowest BCUT2D eigenvalue weighted by molar-refractivity contribution is -0.136. The van der Waals surface area contributed by atoms with E-state index in [0.717, 1.165) is 4.31 Å². The highest BCUT2D eigenvalue weighted by molar-refractivity contribution is 7.89. The lowest BCUT2D eigenvalue weighted by Crippen LogP contribution is -2.22. The van der Waals surface area contributed by atoms with Crippen molar-refractivity contribution in [3.8, 4) is 5.75 Å². The minimum atomic E-state index is -4.25. The van der Waals surface area contributed by atoms with Gasteiger partial charge in [0, 0.05) is 26.6 Å². The zero-order chi connectivity index (χ0) is 16.3. The summed E-state index contributed by atoms with van der Waals surface area (Å²) in [6.07, 6.45) is -5.44. The van der Waals surface area contributed by atoms with Crippen LogP contribution in [0, 0.1) is 0 Å². The zero-order valence-corrected chi connectivity index (χ0v) is 12.5. The van der Waals surface area contributed by atoms with E-state index in [1.807, 2.05) is 0 Å². The van der Waals surface area contributed by atoms with Crippen LogP contribution in [-0.4, -0.2) is 39.6 Å². The van der Waals surface area contributed by atoms with Gasteiger partial charge in [0.25, 0.3) is 0 Å². The van der Waals surface area contributed by atoms with E-state index in [2.05, 4.69) is 0 Å². The van der Waals surface area contributed by atoms with E-state index in [1.165, 1.54) is 32.3 Å². The van der Waals surface area contributed by atoms with Crippen LogP contribution in [0.15, 0.2) is 23.1 Å². The van der Waals surface area contributed by atoms with Crippen molar-refractivity contribution in [2.24, 2.45) is 0 Å². The van der Waals surface area contributed by atoms with Gasteiger partial charge in [-0.2, -0.15) is 13.2 Å². The Morgan fingerprint density at radius 3 is 2.43 bits per heavy atom. The van der Waals surface area contributed by atoms with Crippen LogP contribution in [0.3, 0.4) is 0 Å². The molecule has 9 heteroatoms. The van der Waals surface area contributed by atoms with E-state index in [4.69, 9.17) is 10.5 Å². The SMILES string of the molecule is CN(C)S(=O)(=O)c1ccc(N)c(OCCCC(F)(F)F)c1. The molecule has 21 heavy (non-hydrogen) atoms. The second kappa shape index (κ2) is 6.52. The van der Waals surface area contributed by atoms with Gasteiger partial charge < -0.3 is 10.5 Å². The number of halogens is 3. The molecule has 2 N–H and O–H groups in total. The molecule has 0 spiro atoms. The minimum absolute atomic E-state index is 0.0347. The third-order valence-corrected chi connectivity index (χ3v) is 4.44. The first-order valence-electron chi connectivity index (χ1n) is 6.05. The van der Waals surface area contributed by atoms with Crippen molar-refractivity contribution in [1.29, 1.82) is 0 Å². The van der Waals surface area contributed by atoms with Gasteiger partial charge >= 0.3 is 6.18 Å². The van der Waals surface area contributed by atoms with Crippen LogP contribution in [0.4, 0.5) is 18.9 Å². The van der Waals surface area contributed by atoms with Gasteiger partial charge in [-0.25, -0.2) is 12.7 Å². The summed E-state index contributed by atoms with van der Waals surface area (Å²) in [5, 5.41) is 0. The summed E-state index contributed by atoms with van der Waals surface area (Å²) in [6, 6.07) is 3.86. The van der Waals surface area contributed by atoms with Crippen LogP contribution in [0.1, 0.15) is 12.8 Å². The van der Waals surface area contributed by atoms with Gasteiger partial charge in [-0.15, -0.1) is 0 Å². The maximum absolute atomic E-state index is 12.0. The summed E-state index contributed by atoms with van der Waals surface area (Å²) in [7, 11) is -0.911. The topological polar surface area (TPSA) is 72.6 Å². The highest BCUT2D eigenvalue weighted by Gasteiger charge is 2.26. The number of benzene rings is 1. The quantitative estimate of drug-likeness (QED) is 0.643. The largest absolute Gasteiger partial charge is 0.491 e. The van der Waals surface area contributed by atoms with Crippen molar-refractivity contribution in [3.05, 3.63) is 18.2 Å². The molecular weight excluding hydrogens is 309 g/mol. The monoisotopic (exact) mass is 326 g/mol. The molecule has 1 rings (SSSR count). The lowest BCUT2D eigenvalue weighted by Gasteiger charge is -2.14. The number of ether oxygens (including phenoxy) is 1. The molecule has 0 aliphatic rings. The first-order valence-corrected chi connectivity index (χ1v) is 7.49. The van der Waals surface area contributed by atoms with Crippen molar-refractivity contribution in [2.75, 3.05) is 26.4 Å². The van der Waals surface area contributed by atoms with Gasteiger partial charge in [0.05, 0.1) is 17.2 Å². The van der Waals surface area contributed by atoms with E-state index < -0.39 is 22.6 Å². The lowest BCUT2D eigenvalue weighted by atomic mass is 10.3. The van der Waals surface area contributed by atoms with Crippen molar-refractivity contribution in [1.82, 2.24) is 4.31 Å². The summed E-state index contributed by atoms with van der Waals surface area (Å²) in [6.45, 7) is -0.199. The van der Waals surface area contributed by atoms with E-state index in [-0.39, 0.29) is 29.4 Å². The van der Waals surface area contributed by atoms with Crippen molar-refractivity contribution in [3.63, 3.8) is 0 Å². The average molecular weight is 326 g/mol. The number of nitrogens with zero attached hydrogens (tertiary/aromatic N) is 1. The molecule has 120 valence electrons. The molecule has 0 saturated heterocycles. The van der Waals surface area contributed by atoms with Crippen LogP contribution >= 0.6 is 0 Å². The molecule has 0 aliphatic carbocycles. The number of hydrogen-bond donors (Lipinski definition) is 1. The Kier molecular flexibility index (Phi) is 5.46. The van der Waals surface area contributed by atoms with Gasteiger partial charge in [-0.3, -0.25) is 0 Å². The molecule has 0 aliphatic heterocycles. The Morgan fingerprint density at radius 2 is 1.90 bits per heavy atom. The summed E-state index contributed by atoms with van der Waals surface area (Å²) in [5.74, 6) is 0.0556. The molecule has 5 nitrogen and oxygen atoms in total. The molecule has 0 fully saturated rings. The summed E-state index contributed by atoms with van der Waals surface area (Å²) in [4.78, 5) is -0.0347. The van der Waals surface area contributed by atoms with Gasteiger partial charge in [-0.1, -0.05) is 0 Å². The fourth-order valence-corrected chi connectivity index (χ4v) is 2.38. The molecule has 0 unspecified atom stereocenters. The predicted octanol–water partition coefficient (Wildman–Crippen LogP) is 2.24. The number of hydrogen-bond acceptors (Lipinski definition) is 4. The van der Waals surface area contributed by atoms with Crippen LogP contribution in [0.5, 0.6) is 5.75 Å². The molecule has 0 atom stereocenters. The fourth-order valence-electron chi connectivity index (χ4n) is 1.47. The number of nitrogen functional groups attached to an aromatic ring is 1. The fraction of sp³-hybridized carbons (Fsp3) is 0.500. The number of rotatable bonds is 6. The van der Waals surface area contributed by atoms with Crippen molar-refractivity contribution >= 4 is 15.7 Å². The van der Waals surface area contributed by atoms with E-state index in [1.54, 1.807) is 0 Å². The average Bonchev–Trinajstić information content (AvgIpc) is 2.34. The first kappa shape index (κ1) is 17.6. The van der Waals surface area contributed by atoms with E-state index in [0.29, 0.717) is 0 Å². The highest BCUT2D eigenvalue weighted by atomic mass is 32.2.